The van der Waals surface area contributed by atoms with Gasteiger partial charge in [-0.2, -0.15) is 0 Å². The number of aromatic hydroxyl groups is 1. The molecule has 2 N–H and O–H groups in total. The van der Waals surface area contributed by atoms with Gasteiger partial charge in [0, 0.05) is 19.8 Å². The highest BCUT2D eigenvalue weighted by Gasteiger charge is 2.23. The molecule has 130 valence electrons. The van der Waals surface area contributed by atoms with Crippen LogP contribution in [-0.4, -0.2) is 33.9 Å². The van der Waals surface area contributed by atoms with E-state index >= 15 is 0 Å². The third-order valence-corrected chi connectivity index (χ3v) is 4.15. The molecule has 0 aliphatic carbocycles. The van der Waals surface area contributed by atoms with Gasteiger partial charge in [-0.05, 0) is 32.3 Å². The molecule has 1 aromatic rings. The third-order valence-electron chi connectivity index (χ3n) is 3.41. The number of hydrogen-bond acceptors (Lipinski definition) is 5. The van der Waals surface area contributed by atoms with Crippen LogP contribution in [0.4, 0.5) is 4.39 Å². The van der Waals surface area contributed by atoms with E-state index in [2.05, 4.69) is 10.3 Å². The zero-order valence-corrected chi connectivity index (χ0v) is 15.0. The molecule has 1 heterocycles. The molecule has 0 radical (unpaired) electrons. The second-order valence-corrected chi connectivity index (χ2v) is 5.61. The van der Waals surface area contributed by atoms with Crippen LogP contribution in [0.5, 0.6) is 5.75 Å². The second-order valence-electron chi connectivity index (χ2n) is 4.78. The van der Waals surface area contributed by atoms with E-state index in [1.54, 1.807) is 32.2 Å². The molecule has 0 bridgehead atoms. The molecule has 8 heteroatoms. The number of hydrogen-bond donors (Lipinski definition) is 2. The number of carbonyl (C=O) groups excluding carboxylic acids is 1. The molecule has 0 saturated heterocycles. The van der Waals surface area contributed by atoms with Crippen LogP contribution in [0.25, 0.3) is 0 Å². The number of thioether (sulfide) groups is 1. The Hall–Kier alpha value is -2.35. The van der Waals surface area contributed by atoms with Crippen LogP contribution in [0.15, 0.2) is 33.7 Å². The third kappa shape index (κ3) is 4.14. The van der Waals surface area contributed by atoms with Crippen LogP contribution in [0, 0.1) is 12.7 Å². The summed E-state index contributed by atoms with van der Waals surface area (Å²) in [6.45, 7) is 3.03. The minimum absolute atomic E-state index is 0.0519. The van der Waals surface area contributed by atoms with Gasteiger partial charge in [0.25, 0.3) is 11.5 Å². The van der Waals surface area contributed by atoms with Crippen molar-refractivity contribution in [1.82, 2.24) is 9.88 Å². The molecule has 6 nitrogen and oxygen atoms in total. The van der Waals surface area contributed by atoms with Gasteiger partial charge in [0.15, 0.2) is 11.6 Å². The summed E-state index contributed by atoms with van der Waals surface area (Å²) in [4.78, 5) is 28.5. The summed E-state index contributed by atoms with van der Waals surface area (Å²) in [5, 5.41) is 13.0. The van der Waals surface area contributed by atoms with Crippen LogP contribution in [0.1, 0.15) is 23.0 Å². The quantitative estimate of drug-likeness (QED) is 0.493. The lowest BCUT2D eigenvalue weighted by atomic mass is 10.2. The summed E-state index contributed by atoms with van der Waals surface area (Å²) >= 11 is 1.43. The van der Waals surface area contributed by atoms with E-state index in [0.717, 1.165) is 9.61 Å². The largest absolute Gasteiger partial charge is 0.504 e. The average Bonchev–Trinajstić information content (AvgIpc) is 2.58. The maximum atomic E-state index is 13.9. The number of halogens is 1. The molecule has 0 aromatic carbocycles. The van der Waals surface area contributed by atoms with Gasteiger partial charge in [0.2, 0.25) is 0 Å². The monoisotopic (exact) mass is 353 g/mol. The fraction of sp³-hybridized carbons (Fsp3) is 0.312. The molecule has 0 unspecified atom stereocenters. The van der Waals surface area contributed by atoms with Crippen LogP contribution >= 0.6 is 11.8 Å². The first-order chi connectivity index (χ1) is 11.3. The lowest BCUT2D eigenvalue weighted by molar-refractivity contribution is 0.0961. The van der Waals surface area contributed by atoms with Gasteiger partial charge < -0.3 is 15.0 Å². The van der Waals surface area contributed by atoms with Crippen molar-refractivity contribution < 1.29 is 14.3 Å². The van der Waals surface area contributed by atoms with E-state index in [-0.39, 0.29) is 5.69 Å². The van der Waals surface area contributed by atoms with Crippen LogP contribution in [0.2, 0.25) is 0 Å². The molecular formula is C16H20FN3O3S. The number of aromatic nitrogens is 1. The maximum absolute atomic E-state index is 13.9. The standard InChI is InChI=1S/C16H20FN3O3S/c1-6-10(7-8-11(18-3)24-5)19-15(22)12-14(21)13(17)9(2)20(4)16(12)23/h6-8,21H,1-5H3,(H,19,22)/b8-7-,10-6?,18-11?. The fourth-order valence-corrected chi connectivity index (χ4v) is 2.24. The van der Waals surface area contributed by atoms with Crippen LogP contribution in [-0.2, 0) is 7.05 Å². The lowest BCUT2D eigenvalue weighted by Crippen LogP contribution is -2.33. The minimum atomic E-state index is -0.998. The topological polar surface area (TPSA) is 83.7 Å². The molecule has 24 heavy (non-hydrogen) atoms. The molecule has 0 aliphatic rings. The van der Waals surface area contributed by atoms with E-state index in [1.807, 2.05) is 6.26 Å². The predicted octanol–water partition coefficient (Wildman–Crippen LogP) is 2.12. The number of pyridine rings is 1. The minimum Gasteiger partial charge on any atom is -0.504 e. The Labute approximate surface area is 143 Å². The van der Waals surface area contributed by atoms with Crippen LogP contribution < -0.4 is 10.9 Å². The number of amides is 1. The number of carbonyl (C=O) groups is 1. The Kier molecular flexibility index (Phi) is 6.97. The number of rotatable bonds is 4. The Balaban J connectivity index is 3.19. The smallest absolute Gasteiger partial charge is 0.267 e. The number of nitrogens with one attached hydrogen (secondary N) is 1. The Morgan fingerprint density at radius 1 is 1.42 bits per heavy atom. The summed E-state index contributed by atoms with van der Waals surface area (Å²) in [7, 11) is 2.97. The van der Waals surface area contributed by atoms with Gasteiger partial charge in [-0.1, -0.05) is 6.08 Å². The second kappa shape index (κ2) is 8.49. The summed E-state index contributed by atoms with van der Waals surface area (Å²) < 4.78 is 14.9. The summed E-state index contributed by atoms with van der Waals surface area (Å²) in [6, 6.07) is 0. The Bertz CT molecular complexity index is 795. The predicted molar refractivity (Wildman–Crippen MR) is 95.3 cm³/mol. The summed E-state index contributed by atoms with van der Waals surface area (Å²) in [6.07, 6.45) is 6.75. The number of aliphatic imine (C=N–C) groups is 1. The lowest BCUT2D eigenvalue weighted by Gasteiger charge is -2.12. The molecule has 1 aromatic heterocycles. The van der Waals surface area contributed by atoms with Gasteiger partial charge >= 0.3 is 0 Å². The van der Waals surface area contributed by atoms with Crippen molar-refractivity contribution in [3.05, 3.63) is 51.4 Å². The average molecular weight is 353 g/mol. The zero-order chi connectivity index (χ0) is 18.4. The van der Waals surface area contributed by atoms with Gasteiger partial charge in [0.05, 0.1) is 10.7 Å². The molecule has 0 aliphatic heterocycles. The van der Waals surface area contributed by atoms with E-state index < -0.39 is 28.6 Å². The van der Waals surface area contributed by atoms with E-state index in [0.29, 0.717) is 5.70 Å². The summed E-state index contributed by atoms with van der Waals surface area (Å²) in [5.74, 6) is -2.83. The van der Waals surface area contributed by atoms with Gasteiger partial charge in [0.1, 0.15) is 5.56 Å². The first-order valence-corrected chi connectivity index (χ1v) is 8.25. The van der Waals surface area contributed by atoms with Crippen molar-refractivity contribution in [3.63, 3.8) is 0 Å². The van der Waals surface area contributed by atoms with E-state index in [1.165, 1.54) is 25.7 Å². The number of nitrogens with zero attached hydrogens (tertiary/aromatic N) is 2. The first kappa shape index (κ1) is 19.7. The molecular weight excluding hydrogens is 333 g/mol. The Morgan fingerprint density at radius 3 is 2.54 bits per heavy atom. The number of allylic oxidation sites excluding steroid dienone is 2. The van der Waals surface area contributed by atoms with Gasteiger partial charge in [-0.25, -0.2) is 4.39 Å². The molecule has 0 saturated carbocycles. The highest BCUT2D eigenvalue weighted by Crippen LogP contribution is 2.20. The zero-order valence-electron chi connectivity index (χ0n) is 14.2. The van der Waals surface area contributed by atoms with Crippen molar-refractivity contribution >= 4 is 22.7 Å². The summed E-state index contributed by atoms with van der Waals surface area (Å²) in [5.41, 5.74) is -1.08. The van der Waals surface area contributed by atoms with Gasteiger partial charge in [-0.3, -0.25) is 14.6 Å². The SMILES string of the molecule is CC=C(/C=C\C(=NC)SC)NC(=O)c1c(O)c(F)c(C)n(C)c1=O. The molecule has 1 rings (SSSR count). The van der Waals surface area contributed by atoms with Gasteiger partial charge in [-0.15, -0.1) is 11.8 Å². The van der Waals surface area contributed by atoms with Crippen LogP contribution in [0.3, 0.4) is 0 Å². The van der Waals surface area contributed by atoms with E-state index in [9.17, 15) is 19.1 Å². The van der Waals surface area contributed by atoms with Crippen molar-refractivity contribution in [1.29, 1.82) is 0 Å². The van der Waals surface area contributed by atoms with Crippen molar-refractivity contribution in [3.8, 4) is 5.75 Å². The van der Waals surface area contributed by atoms with Crippen molar-refractivity contribution in [2.45, 2.75) is 13.8 Å². The molecule has 0 fully saturated rings. The molecule has 1 amide bonds. The van der Waals surface area contributed by atoms with E-state index in [4.69, 9.17) is 0 Å². The first-order valence-electron chi connectivity index (χ1n) is 7.03. The Morgan fingerprint density at radius 2 is 2.04 bits per heavy atom. The van der Waals surface area contributed by atoms with Crippen molar-refractivity contribution in [2.24, 2.45) is 12.0 Å². The highest BCUT2D eigenvalue weighted by molar-refractivity contribution is 8.13. The maximum Gasteiger partial charge on any atom is 0.267 e. The highest BCUT2D eigenvalue weighted by atomic mass is 32.2. The fourth-order valence-electron chi connectivity index (χ4n) is 1.85. The molecule has 0 atom stereocenters. The normalized spacial score (nSPS) is 12.8. The van der Waals surface area contributed by atoms with Crippen molar-refractivity contribution in [2.75, 3.05) is 13.3 Å². The molecule has 0 spiro atoms.